The number of methoxy groups -OCH3 is 1. The van der Waals surface area contributed by atoms with E-state index in [1.165, 1.54) is 12.0 Å². The number of thiophene rings is 1. The van der Waals surface area contributed by atoms with Crippen LogP contribution in [-0.2, 0) is 16.1 Å². The van der Waals surface area contributed by atoms with Crippen molar-refractivity contribution in [3.63, 3.8) is 0 Å². The molecule has 1 aliphatic rings. The van der Waals surface area contributed by atoms with Gasteiger partial charge in [-0.2, -0.15) is 0 Å². The number of rotatable bonds is 5. The van der Waals surface area contributed by atoms with Gasteiger partial charge in [0.2, 0.25) is 0 Å². The molecule has 2 aromatic carbocycles. The second-order valence-electron chi connectivity index (χ2n) is 8.61. The van der Waals surface area contributed by atoms with Gasteiger partial charge in [-0.05, 0) is 49.1 Å². The van der Waals surface area contributed by atoms with E-state index in [0.717, 1.165) is 49.9 Å². The highest BCUT2D eigenvalue weighted by molar-refractivity contribution is 7.15. The lowest BCUT2D eigenvalue weighted by Crippen LogP contribution is -2.12. The minimum absolute atomic E-state index is 0.00692. The van der Waals surface area contributed by atoms with Crippen molar-refractivity contribution in [3.05, 3.63) is 87.3 Å². The van der Waals surface area contributed by atoms with Gasteiger partial charge in [-0.1, -0.05) is 42.5 Å². The number of aliphatic imine (C=N–C) groups is 1. The molecule has 0 spiro atoms. The van der Waals surface area contributed by atoms with E-state index >= 15 is 0 Å². The first-order valence-electron chi connectivity index (χ1n) is 11.4. The van der Waals surface area contributed by atoms with Crippen LogP contribution in [-0.4, -0.2) is 38.7 Å². The normalized spacial score (nSPS) is 14.7. The molecular weight excluding hydrogens is 460 g/mol. The van der Waals surface area contributed by atoms with Crippen molar-refractivity contribution in [1.82, 2.24) is 14.8 Å². The lowest BCUT2D eigenvalue weighted by atomic mass is 9.96. The van der Waals surface area contributed by atoms with E-state index in [0.29, 0.717) is 5.82 Å². The molecule has 0 bridgehead atoms. The molecule has 35 heavy (non-hydrogen) atoms. The minimum Gasteiger partial charge on any atom is -0.469 e. The summed E-state index contributed by atoms with van der Waals surface area (Å²) in [6.45, 7) is 6.14. The summed E-state index contributed by atoms with van der Waals surface area (Å²) in [5.74, 6) is 1.05. The molecule has 3 heterocycles. The number of hydrogen-bond acceptors (Lipinski definition) is 7. The first-order chi connectivity index (χ1) is 16.9. The maximum absolute atomic E-state index is 12.3. The summed E-state index contributed by atoms with van der Waals surface area (Å²) in [5, 5.41) is 19.2. The molecular formula is C27H26N4O3S. The van der Waals surface area contributed by atoms with Crippen molar-refractivity contribution in [2.45, 2.75) is 39.8 Å². The van der Waals surface area contributed by atoms with Crippen LogP contribution in [0.15, 0.2) is 53.5 Å². The fraction of sp³-hybridized carbons (Fsp3) is 0.259. The summed E-state index contributed by atoms with van der Waals surface area (Å²) >= 11 is 1.68. The smallest absolute Gasteiger partial charge is 0.308 e. The largest absolute Gasteiger partial charge is 0.469 e. The highest BCUT2D eigenvalue weighted by Crippen LogP contribution is 2.39. The van der Waals surface area contributed by atoms with Crippen LogP contribution in [0.2, 0.25) is 0 Å². The van der Waals surface area contributed by atoms with E-state index in [1.54, 1.807) is 11.3 Å². The van der Waals surface area contributed by atoms with E-state index in [1.807, 2.05) is 35.8 Å². The van der Waals surface area contributed by atoms with E-state index < -0.39 is 6.04 Å². The van der Waals surface area contributed by atoms with Crippen LogP contribution < -0.4 is 0 Å². The number of ether oxygens (including phenoxy) is 1. The highest BCUT2D eigenvalue weighted by atomic mass is 32.1. The van der Waals surface area contributed by atoms with Crippen molar-refractivity contribution in [3.8, 4) is 16.1 Å². The number of hydrogen-bond donors (Lipinski definition) is 1. The van der Waals surface area contributed by atoms with Crippen LogP contribution in [0.25, 0.3) is 16.1 Å². The van der Waals surface area contributed by atoms with Crippen LogP contribution in [0.1, 0.15) is 51.2 Å². The van der Waals surface area contributed by atoms with Gasteiger partial charge in [0.25, 0.3) is 0 Å². The molecule has 5 rings (SSSR count). The molecule has 4 aromatic rings. The van der Waals surface area contributed by atoms with Crippen LogP contribution >= 0.6 is 11.3 Å². The number of benzene rings is 2. The zero-order chi connectivity index (χ0) is 24.7. The van der Waals surface area contributed by atoms with Crippen molar-refractivity contribution >= 4 is 23.0 Å². The van der Waals surface area contributed by atoms with E-state index in [2.05, 4.69) is 48.3 Å². The average Bonchev–Trinajstić information content (AvgIpc) is 3.36. The SMILES string of the molecule is COC(=O)C[C@@H]1N=C(c2ccc(-c3cccc(CO)c3)cc2)c2c(sc(C)c2C)-n2c(C)nnc21. The molecule has 0 saturated carbocycles. The molecule has 0 radical (unpaired) electrons. The molecule has 0 saturated heterocycles. The number of aryl methyl sites for hydroxylation is 2. The van der Waals surface area contributed by atoms with E-state index in [-0.39, 0.29) is 19.0 Å². The Morgan fingerprint density at radius 3 is 2.51 bits per heavy atom. The van der Waals surface area contributed by atoms with Gasteiger partial charge in [0.1, 0.15) is 16.9 Å². The minimum atomic E-state index is -0.515. The topological polar surface area (TPSA) is 89.6 Å². The molecule has 1 N–H and O–H groups in total. The molecule has 7 nitrogen and oxygen atoms in total. The summed E-state index contributed by atoms with van der Waals surface area (Å²) in [7, 11) is 1.38. The van der Waals surface area contributed by atoms with Gasteiger partial charge in [0.15, 0.2) is 5.82 Å². The van der Waals surface area contributed by atoms with Crippen molar-refractivity contribution < 1.29 is 14.6 Å². The summed E-state index contributed by atoms with van der Waals surface area (Å²) in [6, 6.07) is 15.6. The van der Waals surface area contributed by atoms with Crippen molar-refractivity contribution in [2.24, 2.45) is 4.99 Å². The Balaban J connectivity index is 1.66. The maximum atomic E-state index is 12.3. The number of aliphatic hydroxyl groups excluding tert-OH is 1. The number of nitrogens with zero attached hydrogens (tertiary/aromatic N) is 4. The predicted molar refractivity (Wildman–Crippen MR) is 136 cm³/mol. The summed E-state index contributed by atoms with van der Waals surface area (Å²) in [5.41, 5.74) is 6.95. The molecule has 8 heteroatoms. The second-order valence-corrected chi connectivity index (χ2v) is 9.82. The number of aromatic nitrogens is 3. The Morgan fingerprint density at radius 2 is 1.80 bits per heavy atom. The van der Waals surface area contributed by atoms with Crippen LogP contribution in [0.3, 0.4) is 0 Å². The first-order valence-corrected chi connectivity index (χ1v) is 12.2. The van der Waals surface area contributed by atoms with E-state index in [9.17, 15) is 9.90 Å². The van der Waals surface area contributed by atoms with Crippen molar-refractivity contribution in [1.29, 1.82) is 0 Å². The zero-order valence-electron chi connectivity index (χ0n) is 20.1. The summed E-state index contributed by atoms with van der Waals surface area (Å²) in [4.78, 5) is 18.6. The average molecular weight is 487 g/mol. The molecule has 0 amide bonds. The number of carbonyl (C=O) groups excluding carboxylic acids is 1. The zero-order valence-corrected chi connectivity index (χ0v) is 20.9. The third-order valence-corrected chi connectivity index (χ3v) is 7.62. The Bertz CT molecular complexity index is 1450. The molecule has 0 fully saturated rings. The van der Waals surface area contributed by atoms with Gasteiger partial charge in [0, 0.05) is 16.0 Å². The summed E-state index contributed by atoms with van der Waals surface area (Å²) < 4.78 is 6.99. The first kappa shape index (κ1) is 23.1. The summed E-state index contributed by atoms with van der Waals surface area (Å²) in [6.07, 6.45) is 0.0805. The standard InChI is InChI=1S/C27H26N4O3S/c1-15-16(2)35-27-24(15)25(28-22(13-23(33)34-4)26-30-29-17(3)31(26)27)20-10-8-19(9-11-20)21-7-5-6-18(12-21)14-32/h5-12,22,32H,13-14H2,1-4H3/t22-/m0/s1. The molecule has 1 atom stereocenters. The van der Waals surface area contributed by atoms with Gasteiger partial charge >= 0.3 is 5.97 Å². The van der Waals surface area contributed by atoms with E-state index in [4.69, 9.17) is 9.73 Å². The number of esters is 1. The van der Waals surface area contributed by atoms with Gasteiger partial charge in [0.05, 0.1) is 25.8 Å². The van der Waals surface area contributed by atoms with Gasteiger partial charge in [-0.3, -0.25) is 14.4 Å². The van der Waals surface area contributed by atoms with Crippen LogP contribution in [0.5, 0.6) is 0 Å². The maximum Gasteiger partial charge on any atom is 0.308 e. The van der Waals surface area contributed by atoms with Crippen LogP contribution in [0.4, 0.5) is 0 Å². The lowest BCUT2D eigenvalue weighted by molar-refractivity contribution is -0.141. The Kier molecular flexibility index (Phi) is 6.08. The fourth-order valence-electron chi connectivity index (χ4n) is 4.44. The Labute approximate surface area is 207 Å². The monoisotopic (exact) mass is 486 g/mol. The van der Waals surface area contributed by atoms with Crippen LogP contribution in [0, 0.1) is 20.8 Å². The third kappa shape index (κ3) is 4.09. The van der Waals surface area contributed by atoms with Gasteiger partial charge in [-0.25, -0.2) is 0 Å². The molecule has 2 aromatic heterocycles. The number of fused-ring (bicyclic) bond motifs is 3. The van der Waals surface area contributed by atoms with Gasteiger partial charge < -0.3 is 9.84 Å². The van der Waals surface area contributed by atoms with Gasteiger partial charge in [-0.15, -0.1) is 21.5 Å². The third-order valence-electron chi connectivity index (χ3n) is 6.43. The molecule has 0 aliphatic carbocycles. The Morgan fingerprint density at radius 1 is 1.06 bits per heavy atom. The second kappa shape index (κ2) is 9.20. The quantitative estimate of drug-likeness (QED) is 0.407. The molecule has 178 valence electrons. The predicted octanol–water partition coefficient (Wildman–Crippen LogP) is 4.87. The molecule has 0 unspecified atom stereocenters. The van der Waals surface area contributed by atoms with Crippen molar-refractivity contribution in [2.75, 3.05) is 7.11 Å². The highest BCUT2D eigenvalue weighted by Gasteiger charge is 2.32. The lowest BCUT2D eigenvalue weighted by Gasteiger charge is -2.12. The Hall–Kier alpha value is -3.62. The fourth-order valence-corrected chi connectivity index (χ4v) is 5.65. The molecule has 1 aliphatic heterocycles. The number of carbonyl (C=O) groups is 1. The number of aliphatic hydroxyl groups is 1.